The fourth-order valence-corrected chi connectivity index (χ4v) is 3.06. The Kier molecular flexibility index (Phi) is 6.39. The van der Waals surface area contributed by atoms with Crippen LogP contribution in [0.2, 0.25) is 0 Å². The average Bonchev–Trinajstić information content (AvgIpc) is 3.28. The van der Waals surface area contributed by atoms with Crippen molar-refractivity contribution in [3.63, 3.8) is 0 Å². The number of hydrogen-bond acceptors (Lipinski definition) is 7. The van der Waals surface area contributed by atoms with Gasteiger partial charge in [0.25, 0.3) is 11.8 Å². The number of nitrogens with two attached hydrogens (primary N) is 1. The third-order valence-corrected chi connectivity index (χ3v) is 4.70. The molecular weight excluding hydrogens is 402 g/mol. The van der Waals surface area contributed by atoms with Crippen molar-refractivity contribution < 1.29 is 23.8 Å². The molecule has 1 aromatic heterocycles. The van der Waals surface area contributed by atoms with Gasteiger partial charge in [0.1, 0.15) is 0 Å². The molecule has 0 fully saturated rings. The number of amides is 2. The molecule has 31 heavy (non-hydrogen) atoms. The molecule has 0 radical (unpaired) electrons. The summed E-state index contributed by atoms with van der Waals surface area (Å²) in [6.45, 7) is 1.86. The Labute approximate surface area is 178 Å². The highest BCUT2D eigenvalue weighted by Gasteiger charge is 2.22. The van der Waals surface area contributed by atoms with Crippen LogP contribution in [0, 0.1) is 0 Å². The number of carbonyl (C=O) groups excluding carboxylic acids is 2. The minimum Gasteiger partial charge on any atom is -0.493 e. The Bertz CT molecular complexity index is 1090. The molecule has 0 saturated carbocycles. The first kappa shape index (κ1) is 21.6. The molecule has 2 amide bonds. The number of ether oxygens (including phenoxy) is 3. The van der Waals surface area contributed by atoms with Crippen LogP contribution >= 0.6 is 0 Å². The first-order valence-electron chi connectivity index (χ1n) is 9.31. The lowest BCUT2D eigenvalue weighted by atomic mass is 10.1. The Morgan fingerprint density at radius 1 is 1.00 bits per heavy atom. The molecule has 0 saturated heterocycles. The van der Waals surface area contributed by atoms with Crippen molar-refractivity contribution >= 4 is 11.8 Å². The van der Waals surface area contributed by atoms with E-state index < -0.39 is 5.91 Å². The number of methoxy groups -OCH3 is 3. The summed E-state index contributed by atoms with van der Waals surface area (Å²) < 4.78 is 17.4. The van der Waals surface area contributed by atoms with E-state index >= 15 is 0 Å². The minimum absolute atomic E-state index is 0.0774. The highest BCUT2D eigenvalue weighted by Crippen LogP contribution is 2.39. The number of benzene rings is 2. The van der Waals surface area contributed by atoms with Crippen molar-refractivity contribution in [2.45, 2.75) is 13.0 Å². The normalized spacial score (nSPS) is 11.5. The van der Waals surface area contributed by atoms with E-state index in [2.05, 4.69) is 15.6 Å². The van der Waals surface area contributed by atoms with E-state index in [0.717, 1.165) is 5.56 Å². The molecule has 3 rings (SSSR count). The molecule has 2 aromatic carbocycles. The third kappa shape index (κ3) is 4.42. The second-order valence-corrected chi connectivity index (χ2v) is 6.58. The van der Waals surface area contributed by atoms with E-state index in [1.807, 2.05) is 19.1 Å². The summed E-state index contributed by atoms with van der Waals surface area (Å²) in [6.07, 6.45) is 1.45. The van der Waals surface area contributed by atoms with Gasteiger partial charge in [-0.3, -0.25) is 9.59 Å². The van der Waals surface area contributed by atoms with Crippen LogP contribution in [-0.2, 0) is 0 Å². The molecule has 3 N–H and O–H groups in total. The smallest absolute Gasteiger partial charge is 0.270 e. The van der Waals surface area contributed by atoms with Crippen LogP contribution in [-0.4, -0.2) is 48.1 Å². The molecule has 10 nitrogen and oxygen atoms in total. The minimum atomic E-state index is -0.648. The lowest BCUT2D eigenvalue weighted by molar-refractivity contribution is 0.0935. The zero-order valence-corrected chi connectivity index (χ0v) is 17.6. The number of aromatic nitrogens is 3. The van der Waals surface area contributed by atoms with E-state index in [1.165, 1.54) is 32.2 Å². The average molecular weight is 425 g/mol. The molecule has 0 aliphatic carbocycles. The maximum atomic E-state index is 12.9. The zero-order valence-electron chi connectivity index (χ0n) is 17.6. The second-order valence-electron chi connectivity index (χ2n) is 6.58. The van der Waals surface area contributed by atoms with Crippen molar-refractivity contribution in [1.82, 2.24) is 20.3 Å². The highest BCUT2D eigenvalue weighted by molar-refractivity contribution is 5.98. The van der Waals surface area contributed by atoms with Crippen LogP contribution < -0.4 is 25.3 Å². The number of nitrogens with one attached hydrogen (secondary N) is 1. The zero-order chi connectivity index (χ0) is 22.5. The van der Waals surface area contributed by atoms with E-state index in [1.54, 1.807) is 24.3 Å². The molecule has 0 aliphatic rings. The maximum Gasteiger partial charge on any atom is 0.270 e. The molecule has 3 aromatic rings. The summed E-state index contributed by atoms with van der Waals surface area (Å²) in [5, 5.41) is 10.5. The number of carbonyl (C=O) groups is 2. The third-order valence-electron chi connectivity index (χ3n) is 4.70. The SMILES string of the molecule is COc1ccc(C(=O)N[C@@H](C)c2ccc(-n3cc(C(N)=O)nn3)cc2)c(OC)c1OC. The topological polar surface area (TPSA) is 131 Å². The van der Waals surface area contributed by atoms with Gasteiger partial charge < -0.3 is 25.3 Å². The van der Waals surface area contributed by atoms with Gasteiger partial charge in [-0.25, -0.2) is 4.68 Å². The van der Waals surface area contributed by atoms with Gasteiger partial charge in [-0.2, -0.15) is 0 Å². The van der Waals surface area contributed by atoms with Crippen LogP contribution in [0.5, 0.6) is 17.2 Å². The van der Waals surface area contributed by atoms with Gasteiger partial charge in [-0.05, 0) is 36.8 Å². The highest BCUT2D eigenvalue weighted by atomic mass is 16.5. The standard InChI is InChI=1S/C21H23N5O5/c1-12(13-5-7-14(8-6-13)26-11-16(20(22)27)24-25-26)23-21(28)15-9-10-17(29-2)19(31-4)18(15)30-3/h5-12H,1-4H3,(H2,22,27)(H,23,28)/t12-/m0/s1. The molecule has 1 atom stereocenters. The van der Waals surface area contributed by atoms with Crippen molar-refractivity contribution in [1.29, 1.82) is 0 Å². The first-order chi connectivity index (χ1) is 14.9. The Morgan fingerprint density at radius 3 is 2.23 bits per heavy atom. The van der Waals surface area contributed by atoms with Crippen LogP contribution in [0.25, 0.3) is 5.69 Å². The van der Waals surface area contributed by atoms with E-state index in [0.29, 0.717) is 28.5 Å². The quantitative estimate of drug-likeness (QED) is 0.563. The van der Waals surface area contributed by atoms with Gasteiger partial charge in [-0.1, -0.05) is 17.3 Å². The molecular formula is C21H23N5O5. The van der Waals surface area contributed by atoms with Gasteiger partial charge in [0.2, 0.25) is 5.75 Å². The number of primary amides is 1. The van der Waals surface area contributed by atoms with Crippen molar-refractivity contribution in [3.05, 3.63) is 59.4 Å². The van der Waals surface area contributed by atoms with Crippen LogP contribution in [0.3, 0.4) is 0 Å². The number of nitrogens with zero attached hydrogens (tertiary/aromatic N) is 3. The maximum absolute atomic E-state index is 12.9. The van der Waals surface area contributed by atoms with Crippen LogP contribution in [0.4, 0.5) is 0 Å². The van der Waals surface area contributed by atoms with Crippen LogP contribution in [0.1, 0.15) is 39.4 Å². The van der Waals surface area contributed by atoms with Gasteiger partial charge in [0, 0.05) is 0 Å². The molecule has 0 aliphatic heterocycles. The monoisotopic (exact) mass is 425 g/mol. The predicted octanol–water partition coefficient (Wildman–Crippen LogP) is 1.88. The van der Waals surface area contributed by atoms with Gasteiger partial charge in [0.05, 0.1) is 44.8 Å². The fourth-order valence-electron chi connectivity index (χ4n) is 3.06. The van der Waals surface area contributed by atoms with Crippen molar-refractivity contribution in [2.75, 3.05) is 21.3 Å². The summed E-state index contributed by atoms with van der Waals surface area (Å²) in [7, 11) is 4.45. The number of rotatable bonds is 8. The van der Waals surface area contributed by atoms with Gasteiger partial charge in [0.15, 0.2) is 17.2 Å². The molecule has 162 valence electrons. The van der Waals surface area contributed by atoms with Gasteiger partial charge in [-0.15, -0.1) is 5.10 Å². The molecule has 10 heteroatoms. The van der Waals surface area contributed by atoms with Crippen molar-refractivity contribution in [3.8, 4) is 22.9 Å². The fraction of sp³-hybridized carbons (Fsp3) is 0.238. The molecule has 0 unspecified atom stereocenters. The Hall–Kier alpha value is -4.08. The molecule has 0 bridgehead atoms. The summed E-state index contributed by atoms with van der Waals surface area (Å²) in [4.78, 5) is 24.1. The van der Waals surface area contributed by atoms with Gasteiger partial charge >= 0.3 is 0 Å². The lowest BCUT2D eigenvalue weighted by Gasteiger charge is -2.18. The summed E-state index contributed by atoms with van der Waals surface area (Å²) in [5.41, 5.74) is 7.17. The first-order valence-corrected chi connectivity index (χ1v) is 9.31. The van der Waals surface area contributed by atoms with E-state index in [-0.39, 0.29) is 17.6 Å². The second kappa shape index (κ2) is 9.16. The van der Waals surface area contributed by atoms with Crippen LogP contribution in [0.15, 0.2) is 42.6 Å². The van der Waals surface area contributed by atoms with E-state index in [9.17, 15) is 9.59 Å². The predicted molar refractivity (Wildman–Crippen MR) is 112 cm³/mol. The Morgan fingerprint density at radius 2 is 1.68 bits per heavy atom. The Balaban J connectivity index is 1.77. The number of hydrogen-bond donors (Lipinski definition) is 2. The molecule has 1 heterocycles. The summed E-state index contributed by atoms with van der Waals surface area (Å²) in [5.74, 6) is 0.129. The van der Waals surface area contributed by atoms with E-state index in [4.69, 9.17) is 19.9 Å². The van der Waals surface area contributed by atoms with Crippen molar-refractivity contribution in [2.24, 2.45) is 5.73 Å². The summed E-state index contributed by atoms with van der Waals surface area (Å²) >= 11 is 0. The largest absolute Gasteiger partial charge is 0.493 e. The lowest BCUT2D eigenvalue weighted by Crippen LogP contribution is -2.27. The molecule has 0 spiro atoms. The summed E-state index contributed by atoms with van der Waals surface area (Å²) in [6, 6.07) is 10.3.